The normalized spacial score (nSPS) is 26.0. The van der Waals surface area contributed by atoms with E-state index >= 15 is 0 Å². The molecule has 1 saturated heterocycles. The number of benzene rings is 1. The number of nitrogens with zero attached hydrogens (tertiary/aromatic N) is 2. The lowest BCUT2D eigenvalue weighted by atomic mass is 9.92. The molecule has 2 saturated carbocycles. The fraction of sp³-hybridized carbons (Fsp3) is 0.609. The number of carbonyl (C=O) groups is 2. The third-order valence-electron chi connectivity index (χ3n) is 6.86. The molecular weight excluding hydrogens is 520 g/mol. The molecule has 0 radical (unpaired) electrons. The van der Waals surface area contributed by atoms with Crippen molar-refractivity contribution in [3.05, 3.63) is 23.2 Å². The molecule has 0 spiro atoms. The molecule has 2 amide bonds. The smallest absolute Gasteiger partial charge is 0.282 e. The molecule has 196 valence electrons. The summed E-state index contributed by atoms with van der Waals surface area (Å²) < 4.78 is 64.1. The second kappa shape index (κ2) is 9.76. The zero-order chi connectivity index (χ0) is 26.3. The Balaban J connectivity index is 1.55. The Bertz CT molecular complexity index is 1190. The summed E-state index contributed by atoms with van der Waals surface area (Å²) in [4.78, 5) is 26.8. The van der Waals surface area contributed by atoms with Gasteiger partial charge in [-0.25, -0.2) is 17.2 Å². The van der Waals surface area contributed by atoms with Crippen LogP contribution in [0.4, 0.5) is 8.78 Å². The van der Waals surface area contributed by atoms with Crippen LogP contribution in [0.5, 0.6) is 5.75 Å². The van der Waals surface area contributed by atoms with Crippen LogP contribution in [-0.2, 0) is 24.2 Å². The summed E-state index contributed by atoms with van der Waals surface area (Å²) >= 11 is 6.27. The van der Waals surface area contributed by atoms with Crippen molar-refractivity contribution in [1.82, 2.24) is 10.2 Å². The molecule has 0 unspecified atom stereocenters. The van der Waals surface area contributed by atoms with Crippen molar-refractivity contribution in [3.63, 3.8) is 0 Å². The Labute approximate surface area is 212 Å². The summed E-state index contributed by atoms with van der Waals surface area (Å²) in [5.74, 6) is -6.15. The number of ether oxygens (including phenoxy) is 2. The lowest BCUT2D eigenvalue weighted by Gasteiger charge is -2.40. The maximum absolute atomic E-state index is 13.5. The van der Waals surface area contributed by atoms with Gasteiger partial charge >= 0.3 is 0 Å². The lowest BCUT2D eigenvalue weighted by Crippen LogP contribution is -2.60. The van der Waals surface area contributed by atoms with E-state index in [1.807, 2.05) is 6.07 Å². The van der Waals surface area contributed by atoms with Crippen LogP contribution in [0.2, 0.25) is 5.02 Å². The number of likely N-dealkylation sites (tertiary alicyclic amines) is 1. The number of sulfone groups is 1. The van der Waals surface area contributed by atoms with Crippen molar-refractivity contribution in [2.24, 2.45) is 11.8 Å². The number of alkyl halides is 2. The molecule has 1 aliphatic heterocycles. The summed E-state index contributed by atoms with van der Waals surface area (Å²) in [6, 6.07) is 6.13. The zero-order valence-electron chi connectivity index (χ0n) is 19.5. The van der Waals surface area contributed by atoms with E-state index in [0.29, 0.717) is 25.2 Å². The third-order valence-corrected chi connectivity index (χ3v) is 9.52. The summed E-state index contributed by atoms with van der Waals surface area (Å²) in [5, 5.41) is 10.7. The van der Waals surface area contributed by atoms with Crippen molar-refractivity contribution in [2.45, 2.75) is 47.3 Å². The number of rotatable bonds is 9. The van der Waals surface area contributed by atoms with Gasteiger partial charge < -0.3 is 19.7 Å². The number of nitriles is 1. The Morgan fingerprint density at radius 3 is 2.44 bits per heavy atom. The van der Waals surface area contributed by atoms with Gasteiger partial charge in [0.25, 0.3) is 5.92 Å². The molecule has 3 atom stereocenters. The van der Waals surface area contributed by atoms with Crippen molar-refractivity contribution in [1.29, 1.82) is 5.26 Å². The number of methoxy groups -OCH3 is 1. The summed E-state index contributed by atoms with van der Waals surface area (Å²) in [6.07, 6.45) is 0.492. The first-order valence-corrected chi connectivity index (χ1v) is 13.4. The van der Waals surface area contributed by atoms with Crippen LogP contribution in [0.3, 0.4) is 0 Å². The largest absolute Gasteiger partial charge is 0.491 e. The Morgan fingerprint density at radius 2 is 1.89 bits per heavy atom. The van der Waals surface area contributed by atoms with Crippen molar-refractivity contribution >= 4 is 33.3 Å². The minimum atomic E-state index is -4.09. The first-order chi connectivity index (χ1) is 16.9. The van der Waals surface area contributed by atoms with Crippen LogP contribution >= 0.6 is 11.6 Å². The molecule has 3 fully saturated rings. The highest BCUT2D eigenvalue weighted by atomic mass is 35.5. The third kappa shape index (κ3) is 5.28. The molecule has 13 heteroatoms. The van der Waals surface area contributed by atoms with Crippen LogP contribution in [-0.4, -0.2) is 75.3 Å². The summed E-state index contributed by atoms with van der Waals surface area (Å²) in [5.41, 5.74) is -1.02. The number of hydrogen-bond donors (Lipinski definition) is 1. The second-order valence-electron chi connectivity index (χ2n) is 9.52. The molecule has 0 bridgehead atoms. The van der Waals surface area contributed by atoms with Crippen molar-refractivity contribution < 1.29 is 36.3 Å². The van der Waals surface area contributed by atoms with Gasteiger partial charge in [-0.1, -0.05) is 11.6 Å². The first kappa shape index (κ1) is 26.6. The van der Waals surface area contributed by atoms with Crippen LogP contribution in [0, 0.1) is 23.2 Å². The average Bonchev–Trinajstić information content (AvgIpc) is 3.42. The maximum Gasteiger partial charge on any atom is 0.282 e. The van der Waals surface area contributed by atoms with Crippen LogP contribution in [0.1, 0.15) is 25.7 Å². The topological polar surface area (TPSA) is 126 Å². The number of hydrogen-bond acceptors (Lipinski definition) is 7. The van der Waals surface area contributed by atoms with Gasteiger partial charge in [-0.05, 0) is 37.8 Å². The van der Waals surface area contributed by atoms with E-state index in [-0.39, 0.29) is 29.4 Å². The van der Waals surface area contributed by atoms with Gasteiger partial charge in [-0.3, -0.25) is 9.59 Å². The Morgan fingerprint density at radius 1 is 1.22 bits per heavy atom. The molecule has 1 N–H and O–H groups in total. The first-order valence-electron chi connectivity index (χ1n) is 11.5. The minimum absolute atomic E-state index is 0.0792. The van der Waals surface area contributed by atoms with Crippen molar-refractivity contribution in [3.8, 4) is 11.8 Å². The highest BCUT2D eigenvalue weighted by Gasteiger charge is 2.55. The summed E-state index contributed by atoms with van der Waals surface area (Å²) in [7, 11) is -2.58. The highest BCUT2D eigenvalue weighted by molar-refractivity contribution is 7.92. The quantitative estimate of drug-likeness (QED) is 0.471. The zero-order valence-corrected chi connectivity index (χ0v) is 21.1. The van der Waals surface area contributed by atoms with Crippen LogP contribution in [0.25, 0.3) is 0 Å². The second-order valence-corrected chi connectivity index (χ2v) is 12.1. The number of carbonyl (C=O) groups excluding carboxylic acids is 2. The Hall–Kier alpha value is -2.49. The van der Waals surface area contributed by atoms with E-state index in [1.54, 1.807) is 0 Å². The number of halogens is 3. The fourth-order valence-electron chi connectivity index (χ4n) is 4.65. The van der Waals surface area contributed by atoms with E-state index in [4.69, 9.17) is 21.1 Å². The van der Waals surface area contributed by atoms with E-state index < -0.39 is 63.3 Å². The van der Waals surface area contributed by atoms with Crippen LogP contribution in [0.15, 0.2) is 23.1 Å². The van der Waals surface area contributed by atoms with Crippen molar-refractivity contribution in [2.75, 3.05) is 33.4 Å². The predicted octanol–water partition coefficient (Wildman–Crippen LogP) is 2.18. The number of nitrogens with one attached hydrogen (secondary N) is 1. The molecule has 4 rings (SSSR count). The minimum Gasteiger partial charge on any atom is -0.491 e. The van der Waals surface area contributed by atoms with E-state index in [2.05, 4.69) is 5.32 Å². The fourth-order valence-corrected chi connectivity index (χ4v) is 7.01. The van der Waals surface area contributed by atoms with Gasteiger partial charge in [-0.2, -0.15) is 5.26 Å². The molecule has 1 heterocycles. The molecule has 1 aromatic carbocycles. The lowest BCUT2D eigenvalue weighted by molar-refractivity contribution is -0.171. The Kier molecular flexibility index (Phi) is 7.20. The molecular formula is C23H26ClF2N3O6S. The maximum atomic E-state index is 13.5. The molecule has 0 aromatic heterocycles. The molecule has 2 aliphatic carbocycles. The molecule has 9 nitrogen and oxygen atoms in total. The molecule has 3 aliphatic rings. The van der Waals surface area contributed by atoms with Gasteiger partial charge in [0, 0.05) is 13.2 Å². The molecule has 36 heavy (non-hydrogen) atoms. The van der Waals surface area contributed by atoms with Gasteiger partial charge in [0.15, 0.2) is 9.84 Å². The van der Waals surface area contributed by atoms with Crippen LogP contribution < -0.4 is 10.1 Å². The van der Waals surface area contributed by atoms with E-state index in [0.717, 1.165) is 4.90 Å². The van der Waals surface area contributed by atoms with Gasteiger partial charge in [-0.15, -0.1) is 0 Å². The standard InChI is InChI=1S/C23H26ClF2N3O6S/c1-34-6-7-35-14-2-3-19(18(24)8-14)36(32,33)15-9-16(20(30)28-22(11-27)4-5-22)17(10-15)21(31)29-12-23(25,26)13-29/h2-3,8,15-17H,4-7,9-10,12-13H2,1H3,(H,28,30)/t15-,16-,17-/m1/s1. The number of amides is 2. The SMILES string of the molecule is COCCOc1ccc(S(=O)(=O)[C@@H]2C[C@@H](C(=O)NC3(C#N)CC3)[C@H](C(=O)N3CC(F)(F)C3)C2)c(Cl)c1. The monoisotopic (exact) mass is 545 g/mol. The summed E-state index contributed by atoms with van der Waals surface area (Å²) in [6.45, 7) is -0.977. The van der Waals surface area contributed by atoms with E-state index in [1.165, 1.54) is 25.3 Å². The van der Waals surface area contributed by atoms with Gasteiger partial charge in [0.05, 0.1) is 52.8 Å². The average molecular weight is 546 g/mol. The predicted molar refractivity (Wildman–Crippen MR) is 123 cm³/mol. The van der Waals surface area contributed by atoms with Gasteiger partial charge in [0.1, 0.15) is 17.9 Å². The highest BCUT2D eigenvalue weighted by Crippen LogP contribution is 2.44. The molecule has 1 aromatic rings. The van der Waals surface area contributed by atoms with E-state index in [9.17, 15) is 32.0 Å². The van der Waals surface area contributed by atoms with Gasteiger partial charge in [0.2, 0.25) is 11.8 Å².